The molecule has 146 valence electrons. The van der Waals surface area contributed by atoms with Crippen molar-refractivity contribution in [1.82, 2.24) is 4.98 Å². The van der Waals surface area contributed by atoms with Crippen molar-refractivity contribution >= 4 is 11.3 Å². The summed E-state index contributed by atoms with van der Waals surface area (Å²) < 4.78 is 19.3. The van der Waals surface area contributed by atoms with E-state index in [0.717, 1.165) is 36.4 Å². The van der Waals surface area contributed by atoms with Gasteiger partial charge in [0.2, 0.25) is 0 Å². The van der Waals surface area contributed by atoms with Gasteiger partial charge in [0, 0.05) is 17.2 Å². The summed E-state index contributed by atoms with van der Waals surface area (Å²) in [7, 11) is 0. The van der Waals surface area contributed by atoms with Gasteiger partial charge in [-0.25, -0.2) is 9.37 Å². The summed E-state index contributed by atoms with van der Waals surface area (Å²) in [5, 5.41) is 22.9. The topological polar surface area (TPSA) is 62.6 Å². The Morgan fingerprint density at radius 1 is 1.30 bits per heavy atom. The highest BCUT2D eigenvalue weighted by molar-refractivity contribution is 7.09. The van der Waals surface area contributed by atoms with Crippen LogP contribution in [0.25, 0.3) is 0 Å². The van der Waals surface area contributed by atoms with E-state index in [2.05, 4.69) is 4.98 Å². The Hall–Kier alpha value is -1.50. The smallest absolute Gasteiger partial charge is 0.126 e. The van der Waals surface area contributed by atoms with Crippen molar-refractivity contribution in [2.24, 2.45) is 17.8 Å². The number of benzene rings is 1. The van der Waals surface area contributed by atoms with Crippen LogP contribution >= 0.6 is 11.3 Å². The lowest BCUT2D eigenvalue weighted by Gasteiger charge is -2.33. The van der Waals surface area contributed by atoms with Crippen molar-refractivity contribution in [2.75, 3.05) is 6.61 Å². The maximum Gasteiger partial charge on any atom is 0.126 e. The summed E-state index contributed by atoms with van der Waals surface area (Å²) in [6, 6.07) is 4.80. The summed E-state index contributed by atoms with van der Waals surface area (Å²) in [6.45, 7) is 2.20. The van der Waals surface area contributed by atoms with E-state index in [1.165, 1.54) is 6.07 Å². The van der Waals surface area contributed by atoms with E-state index in [1.807, 2.05) is 5.38 Å². The molecule has 2 aliphatic rings. The largest absolute Gasteiger partial charge is 0.493 e. The molecular formula is C21H26FNO3S. The summed E-state index contributed by atoms with van der Waals surface area (Å²) in [5.74, 6) is 1.96. The average Bonchev–Trinajstić information content (AvgIpc) is 3.26. The highest BCUT2D eigenvalue weighted by Gasteiger charge is 2.46. The number of aliphatic hydroxyl groups is 2. The van der Waals surface area contributed by atoms with E-state index >= 15 is 0 Å². The fraction of sp³-hybridized carbons (Fsp3) is 0.571. The van der Waals surface area contributed by atoms with Gasteiger partial charge >= 0.3 is 0 Å². The van der Waals surface area contributed by atoms with Gasteiger partial charge in [0.15, 0.2) is 0 Å². The third-order valence-corrected chi connectivity index (χ3v) is 7.34. The Morgan fingerprint density at radius 2 is 2.15 bits per heavy atom. The van der Waals surface area contributed by atoms with E-state index in [9.17, 15) is 14.6 Å². The minimum Gasteiger partial charge on any atom is -0.493 e. The third kappa shape index (κ3) is 3.89. The lowest BCUT2D eigenvalue weighted by molar-refractivity contribution is 0.0740. The van der Waals surface area contributed by atoms with E-state index in [0.29, 0.717) is 35.7 Å². The van der Waals surface area contributed by atoms with Gasteiger partial charge in [-0.3, -0.25) is 0 Å². The van der Waals surface area contributed by atoms with Crippen LogP contribution in [0.15, 0.2) is 23.6 Å². The lowest BCUT2D eigenvalue weighted by Crippen LogP contribution is -2.29. The summed E-state index contributed by atoms with van der Waals surface area (Å²) in [6.07, 6.45) is 3.65. The van der Waals surface area contributed by atoms with Gasteiger partial charge in [-0.05, 0) is 68.2 Å². The van der Waals surface area contributed by atoms with Crippen LogP contribution in [-0.4, -0.2) is 27.9 Å². The molecule has 1 aromatic heterocycles. The van der Waals surface area contributed by atoms with Crippen LogP contribution in [0, 0.1) is 30.5 Å². The number of halogens is 1. The average molecular weight is 392 g/mol. The Morgan fingerprint density at radius 3 is 2.89 bits per heavy atom. The number of aliphatic hydroxyl groups excluding tert-OH is 2. The molecule has 0 aliphatic heterocycles. The first-order valence-corrected chi connectivity index (χ1v) is 10.5. The molecule has 0 radical (unpaired) electrons. The second-order valence-corrected chi connectivity index (χ2v) is 8.85. The number of nitrogens with zero attached hydrogens (tertiary/aromatic N) is 1. The molecule has 1 aromatic carbocycles. The monoisotopic (exact) mass is 391 g/mol. The van der Waals surface area contributed by atoms with Crippen molar-refractivity contribution < 1.29 is 19.3 Å². The Balaban J connectivity index is 1.38. The number of ether oxygens (including phenoxy) is 1. The highest BCUT2D eigenvalue weighted by Crippen LogP contribution is 2.50. The van der Waals surface area contributed by atoms with Gasteiger partial charge in [0.25, 0.3) is 0 Å². The molecule has 2 aromatic rings. The minimum atomic E-state index is -0.343. The van der Waals surface area contributed by atoms with Crippen LogP contribution < -0.4 is 4.74 Å². The molecule has 6 heteroatoms. The third-order valence-electron chi connectivity index (χ3n) is 6.28. The van der Waals surface area contributed by atoms with Gasteiger partial charge in [-0.1, -0.05) is 0 Å². The first-order chi connectivity index (χ1) is 13.0. The van der Waals surface area contributed by atoms with Crippen LogP contribution in [0.1, 0.15) is 47.9 Å². The fourth-order valence-electron chi connectivity index (χ4n) is 4.83. The first kappa shape index (κ1) is 18.8. The molecule has 0 bridgehead atoms. The molecule has 5 atom stereocenters. The molecule has 4 rings (SSSR count). The summed E-state index contributed by atoms with van der Waals surface area (Å²) >= 11 is 1.64. The fourth-order valence-corrected chi connectivity index (χ4v) is 5.79. The predicted octanol–water partition coefficient (Wildman–Crippen LogP) is 4.04. The number of aryl methyl sites for hydroxylation is 1. The number of rotatable bonds is 5. The summed E-state index contributed by atoms with van der Waals surface area (Å²) in [5.41, 5.74) is 1.33. The Bertz CT molecular complexity index is 795. The molecule has 1 heterocycles. The number of thiazole rings is 1. The van der Waals surface area contributed by atoms with Crippen LogP contribution in [0.2, 0.25) is 0 Å². The minimum absolute atomic E-state index is 0.00371. The van der Waals surface area contributed by atoms with Crippen molar-refractivity contribution in [1.29, 1.82) is 0 Å². The maximum atomic E-state index is 13.4. The molecule has 0 saturated heterocycles. The molecule has 2 N–H and O–H groups in total. The quantitative estimate of drug-likeness (QED) is 0.807. The van der Waals surface area contributed by atoms with Gasteiger partial charge in [0.1, 0.15) is 11.6 Å². The molecule has 2 saturated carbocycles. The second kappa shape index (κ2) is 7.86. The number of hydrogen-bond donors (Lipinski definition) is 2. The second-order valence-electron chi connectivity index (χ2n) is 7.96. The van der Waals surface area contributed by atoms with E-state index in [1.54, 1.807) is 30.4 Å². The lowest BCUT2D eigenvalue weighted by atomic mass is 9.73. The number of hydrogen-bond acceptors (Lipinski definition) is 5. The zero-order chi connectivity index (χ0) is 19.0. The van der Waals surface area contributed by atoms with E-state index in [4.69, 9.17) is 4.74 Å². The van der Waals surface area contributed by atoms with Gasteiger partial charge < -0.3 is 14.9 Å². The zero-order valence-corrected chi connectivity index (χ0v) is 16.3. The Kier molecular flexibility index (Phi) is 5.48. The van der Waals surface area contributed by atoms with Crippen molar-refractivity contribution in [2.45, 2.75) is 51.2 Å². The number of fused-ring (bicyclic) bond motifs is 1. The maximum absolute atomic E-state index is 13.4. The predicted molar refractivity (Wildman–Crippen MR) is 102 cm³/mol. The highest BCUT2D eigenvalue weighted by atomic mass is 32.1. The molecule has 2 aliphatic carbocycles. The molecule has 0 unspecified atom stereocenters. The molecule has 0 amide bonds. The van der Waals surface area contributed by atoms with Crippen LogP contribution in [0.4, 0.5) is 4.39 Å². The van der Waals surface area contributed by atoms with E-state index < -0.39 is 0 Å². The molecule has 4 nitrogen and oxygen atoms in total. The SMILES string of the molecule is Cc1cc(OC[C@@H]2[C@H]3CC[C@H](c4nc(CO)cs4)C[C@H]3C[C@@H]2O)ccc1F. The molecular weight excluding hydrogens is 365 g/mol. The first-order valence-electron chi connectivity index (χ1n) is 9.67. The van der Waals surface area contributed by atoms with E-state index in [-0.39, 0.29) is 24.4 Å². The van der Waals surface area contributed by atoms with Crippen LogP contribution in [0.5, 0.6) is 5.75 Å². The normalized spacial score (nSPS) is 30.3. The zero-order valence-electron chi connectivity index (χ0n) is 15.5. The molecule has 27 heavy (non-hydrogen) atoms. The molecule has 0 spiro atoms. The molecule has 2 fully saturated rings. The van der Waals surface area contributed by atoms with Crippen molar-refractivity contribution in [3.8, 4) is 5.75 Å². The van der Waals surface area contributed by atoms with Gasteiger partial charge in [0.05, 0.1) is 30.0 Å². The Labute approximate surface area is 163 Å². The van der Waals surface area contributed by atoms with Crippen molar-refractivity contribution in [3.63, 3.8) is 0 Å². The summed E-state index contributed by atoms with van der Waals surface area (Å²) in [4.78, 5) is 4.55. The standard InChI is InChI=1S/C21H26FNO3S/c1-12-6-16(3-5-19(12)22)26-10-18-17-4-2-13(7-14(17)8-20(18)25)21-23-15(9-24)11-27-21/h3,5-6,11,13-14,17-18,20,24-25H,2,4,7-10H2,1H3/t13-,14-,17-,18+,20-/m0/s1. The van der Waals surface area contributed by atoms with Gasteiger partial charge in [-0.2, -0.15) is 0 Å². The van der Waals surface area contributed by atoms with Gasteiger partial charge in [-0.15, -0.1) is 11.3 Å². The number of aromatic nitrogens is 1. The van der Waals surface area contributed by atoms with Crippen molar-refractivity contribution in [3.05, 3.63) is 45.7 Å². The van der Waals surface area contributed by atoms with Crippen LogP contribution in [-0.2, 0) is 6.61 Å². The van der Waals surface area contributed by atoms with Crippen LogP contribution in [0.3, 0.4) is 0 Å².